The second-order valence-corrected chi connectivity index (χ2v) is 6.38. The summed E-state index contributed by atoms with van der Waals surface area (Å²) in [6.07, 6.45) is 5.76. The Hall–Kier alpha value is -2.25. The minimum atomic E-state index is -0.358. The van der Waals surface area contributed by atoms with Crippen molar-refractivity contribution in [2.75, 3.05) is 26.7 Å². The molecule has 0 aliphatic heterocycles. The number of ether oxygens (including phenoxy) is 1. The molecule has 1 atom stereocenters. The zero-order valence-corrected chi connectivity index (χ0v) is 15.7. The van der Waals surface area contributed by atoms with Crippen LogP contribution >= 0.6 is 0 Å². The van der Waals surface area contributed by atoms with Gasteiger partial charge in [0.05, 0.1) is 25.4 Å². The third-order valence-corrected chi connectivity index (χ3v) is 4.08. The molecule has 0 spiro atoms. The monoisotopic (exact) mass is 350 g/mol. The number of guanidine groups is 1. The molecule has 2 rings (SSSR count). The number of nitrogens with zero attached hydrogens (tertiary/aromatic N) is 4. The van der Waals surface area contributed by atoms with E-state index in [1.165, 1.54) is 0 Å². The van der Waals surface area contributed by atoms with Gasteiger partial charge in [-0.2, -0.15) is 5.10 Å². The van der Waals surface area contributed by atoms with Gasteiger partial charge in [-0.25, -0.2) is 4.79 Å². The Bertz CT molecular complexity index is 581. The third kappa shape index (κ3) is 6.28. The van der Waals surface area contributed by atoms with Crippen molar-refractivity contribution in [1.82, 2.24) is 25.3 Å². The van der Waals surface area contributed by atoms with Crippen LogP contribution in [0.3, 0.4) is 0 Å². The van der Waals surface area contributed by atoms with E-state index in [2.05, 4.69) is 20.6 Å². The Kier molecular flexibility index (Phi) is 7.09. The maximum Gasteiger partial charge on any atom is 0.407 e. The molecule has 1 saturated carbocycles. The molecule has 1 fully saturated rings. The van der Waals surface area contributed by atoms with Gasteiger partial charge >= 0.3 is 6.09 Å². The number of amides is 1. The lowest BCUT2D eigenvalue weighted by atomic mass is 10.2. The van der Waals surface area contributed by atoms with Crippen molar-refractivity contribution in [1.29, 1.82) is 0 Å². The molecule has 0 aromatic carbocycles. The van der Waals surface area contributed by atoms with Crippen molar-refractivity contribution in [3.63, 3.8) is 0 Å². The molecular weight excluding hydrogens is 320 g/mol. The average Bonchev–Trinajstić information content (AvgIpc) is 3.33. The van der Waals surface area contributed by atoms with Gasteiger partial charge in [0.25, 0.3) is 0 Å². The Morgan fingerprint density at radius 3 is 2.84 bits per heavy atom. The van der Waals surface area contributed by atoms with Crippen LogP contribution in [0, 0.1) is 5.92 Å². The highest BCUT2D eigenvalue weighted by Gasteiger charge is 2.32. The molecule has 2 N–H and O–H groups in total. The molecular formula is C17H30N6O2. The molecule has 1 aliphatic rings. The van der Waals surface area contributed by atoms with Crippen LogP contribution in [0.15, 0.2) is 17.4 Å². The minimum Gasteiger partial charge on any atom is -0.450 e. The average molecular weight is 350 g/mol. The van der Waals surface area contributed by atoms with Crippen LogP contribution in [0.4, 0.5) is 4.79 Å². The van der Waals surface area contributed by atoms with Gasteiger partial charge in [0.2, 0.25) is 0 Å². The molecule has 0 radical (unpaired) electrons. The SMILES string of the molecule is CCNC(=NCC(NC(=O)OCC)C1CC1)N(C)Cc1cnn(C)c1. The highest BCUT2D eigenvalue weighted by molar-refractivity contribution is 5.79. The van der Waals surface area contributed by atoms with Gasteiger partial charge in [0.15, 0.2) is 5.96 Å². The molecule has 1 aromatic heterocycles. The summed E-state index contributed by atoms with van der Waals surface area (Å²) in [5.74, 6) is 1.32. The van der Waals surface area contributed by atoms with Crippen molar-refractivity contribution in [3.8, 4) is 0 Å². The predicted octanol–water partition coefficient (Wildman–Crippen LogP) is 1.34. The van der Waals surface area contributed by atoms with Crippen LogP contribution in [0.5, 0.6) is 0 Å². The normalized spacial score (nSPS) is 15.6. The van der Waals surface area contributed by atoms with E-state index in [0.717, 1.165) is 37.5 Å². The number of rotatable bonds is 8. The van der Waals surface area contributed by atoms with Gasteiger partial charge in [0, 0.05) is 38.9 Å². The van der Waals surface area contributed by atoms with Gasteiger partial charge in [-0.1, -0.05) is 0 Å². The van der Waals surface area contributed by atoms with Crippen LogP contribution in [0.2, 0.25) is 0 Å². The summed E-state index contributed by atoms with van der Waals surface area (Å²) < 4.78 is 6.79. The quantitative estimate of drug-likeness (QED) is 0.546. The first kappa shape index (κ1) is 19.1. The van der Waals surface area contributed by atoms with E-state index in [4.69, 9.17) is 9.73 Å². The molecule has 0 bridgehead atoms. The summed E-state index contributed by atoms with van der Waals surface area (Å²) in [4.78, 5) is 18.5. The van der Waals surface area contributed by atoms with Gasteiger partial charge in [-0.3, -0.25) is 9.67 Å². The lowest BCUT2D eigenvalue weighted by molar-refractivity contribution is 0.147. The number of aryl methyl sites for hydroxylation is 1. The molecule has 1 aliphatic carbocycles. The van der Waals surface area contributed by atoms with Crippen molar-refractivity contribution in [2.24, 2.45) is 18.0 Å². The van der Waals surface area contributed by atoms with E-state index in [1.807, 2.05) is 33.4 Å². The largest absolute Gasteiger partial charge is 0.450 e. The summed E-state index contributed by atoms with van der Waals surface area (Å²) >= 11 is 0. The summed E-state index contributed by atoms with van der Waals surface area (Å²) in [6, 6.07) is 0.0273. The number of alkyl carbamates (subject to hydrolysis) is 1. The van der Waals surface area contributed by atoms with Crippen LogP contribution < -0.4 is 10.6 Å². The number of carbonyl (C=O) groups is 1. The lowest BCUT2D eigenvalue weighted by Crippen LogP contribution is -2.42. The molecule has 1 amide bonds. The van der Waals surface area contributed by atoms with Gasteiger partial charge in [-0.15, -0.1) is 0 Å². The van der Waals surface area contributed by atoms with E-state index in [-0.39, 0.29) is 12.1 Å². The maximum atomic E-state index is 11.7. The number of nitrogens with one attached hydrogen (secondary N) is 2. The van der Waals surface area contributed by atoms with E-state index < -0.39 is 0 Å². The summed E-state index contributed by atoms with van der Waals surface area (Å²) in [5.41, 5.74) is 1.12. The number of hydrogen-bond donors (Lipinski definition) is 2. The van der Waals surface area contributed by atoms with Crippen LogP contribution in [-0.2, 0) is 18.3 Å². The number of carbonyl (C=O) groups excluding carboxylic acids is 1. The molecule has 8 heteroatoms. The Balaban J connectivity index is 1.97. The number of aromatic nitrogens is 2. The predicted molar refractivity (Wildman–Crippen MR) is 97.3 cm³/mol. The maximum absolute atomic E-state index is 11.7. The van der Waals surface area contributed by atoms with E-state index >= 15 is 0 Å². The molecule has 25 heavy (non-hydrogen) atoms. The fourth-order valence-electron chi connectivity index (χ4n) is 2.69. The molecule has 8 nitrogen and oxygen atoms in total. The fraction of sp³-hybridized carbons (Fsp3) is 0.706. The Labute approximate surface area is 149 Å². The third-order valence-electron chi connectivity index (χ3n) is 4.08. The minimum absolute atomic E-state index is 0.0273. The van der Waals surface area contributed by atoms with E-state index in [1.54, 1.807) is 11.6 Å². The second-order valence-electron chi connectivity index (χ2n) is 6.38. The van der Waals surface area contributed by atoms with Crippen molar-refractivity contribution in [3.05, 3.63) is 18.0 Å². The number of hydrogen-bond acceptors (Lipinski definition) is 4. The number of aliphatic imine (C=N–C) groups is 1. The smallest absolute Gasteiger partial charge is 0.407 e. The van der Waals surface area contributed by atoms with Crippen molar-refractivity contribution >= 4 is 12.1 Å². The van der Waals surface area contributed by atoms with Gasteiger partial charge in [0.1, 0.15) is 0 Å². The summed E-state index contributed by atoms with van der Waals surface area (Å²) in [7, 11) is 3.91. The Morgan fingerprint density at radius 1 is 1.52 bits per heavy atom. The first-order chi connectivity index (χ1) is 12.0. The summed E-state index contributed by atoms with van der Waals surface area (Å²) in [6.45, 7) is 6.28. The zero-order valence-electron chi connectivity index (χ0n) is 15.7. The standard InChI is InChI=1S/C17H30N6O2/c1-5-18-16(22(3)11-13-9-20-23(4)12-13)19-10-15(14-7-8-14)21-17(24)25-6-2/h9,12,14-15H,5-8,10-11H2,1-4H3,(H,18,19)(H,21,24). The van der Waals surface area contributed by atoms with Crippen molar-refractivity contribution < 1.29 is 9.53 Å². The zero-order chi connectivity index (χ0) is 18.2. The van der Waals surface area contributed by atoms with Crippen LogP contribution in [0.25, 0.3) is 0 Å². The van der Waals surface area contributed by atoms with Crippen molar-refractivity contribution in [2.45, 2.75) is 39.3 Å². The first-order valence-electron chi connectivity index (χ1n) is 8.93. The lowest BCUT2D eigenvalue weighted by Gasteiger charge is -2.23. The fourth-order valence-corrected chi connectivity index (χ4v) is 2.69. The summed E-state index contributed by atoms with van der Waals surface area (Å²) in [5, 5.41) is 10.4. The molecule has 1 unspecified atom stereocenters. The second kappa shape index (κ2) is 9.29. The molecule has 0 saturated heterocycles. The van der Waals surface area contributed by atoms with Gasteiger partial charge < -0.3 is 20.3 Å². The first-order valence-corrected chi connectivity index (χ1v) is 8.93. The van der Waals surface area contributed by atoms with E-state index in [9.17, 15) is 4.79 Å². The topological polar surface area (TPSA) is 83.8 Å². The highest BCUT2D eigenvalue weighted by Crippen LogP contribution is 2.32. The highest BCUT2D eigenvalue weighted by atomic mass is 16.5. The van der Waals surface area contributed by atoms with Crippen LogP contribution in [-0.4, -0.2) is 59.5 Å². The molecule has 1 heterocycles. The van der Waals surface area contributed by atoms with E-state index in [0.29, 0.717) is 19.1 Å². The molecule has 140 valence electrons. The molecule has 1 aromatic rings. The Morgan fingerprint density at radius 2 is 2.28 bits per heavy atom. The van der Waals surface area contributed by atoms with Crippen LogP contribution in [0.1, 0.15) is 32.3 Å². The van der Waals surface area contributed by atoms with Gasteiger partial charge in [-0.05, 0) is 32.6 Å².